The van der Waals surface area contributed by atoms with Crippen molar-refractivity contribution < 1.29 is 0 Å². The molecule has 0 atom stereocenters. The highest BCUT2D eigenvalue weighted by Gasteiger charge is 2.10. The van der Waals surface area contributed by atoms with Crippen LogP contribution in [0.1, 0.15) is 0 Å². The predicted molar refractivity (Wildman–Crippen MR) is 144 cm³/mol. The van der Waals surface area contributed by atoms with Crippen LogP contribution in [0, 0.1) is 3.57 Å². The first-order chi connectivity index (χ1) is 14.7. The lowest BCUT2D eigenvalue weighted by Crippen LogP contribution is -1.76. The maximum absolute atomic E-state index is 3.66. The molecule has 146 valence electrons. The molecule has 2 aromatic heterocycles. The molecule has 0 aliphatic heterocycles. The van der Waals surface area contributed by atoms with Crippen LogP contribution in [0.25, 0.3) is 41.8 Å². The van der Waals surface area contributed by atoms with Gasteiger partial charge in [0.2, 0.25) is 0 Å². The minimum absolute atomic E-state index is 1.13. The van der Waals surface area contributed by atoms with Gasteiger partial charge in [-0.3, -0.25) is 0 Å². The second kappa shape index (κ2) is 8.79. The molecule has 0 spiro atoms. The number of rotatable bonds is 4. The average molecular weight is 599 g/mol. The summed E-state index contributed by atoms with van der Waals surface area (Å²) in [6.45, 7) is 0. The highest BCUT2D eigenvalue weighted by atomic mass is 127. The van der Waals surface area contributed by atoms with Crippen LogP contribution in [0.4, 0.5) is 0 Å². The van der Waals surface area contributed by atoms with E-state index in [9.17, 15) is 0 Å². The number of benzene rings is 3. The molecule has 0 N–H and O–H groups in total. The van der Waals surface area contributed by atoms with Crippen LogP contribution in [0.15, 0.2) is 102 Å². The van der Waals surface area contributed by atoms with E-state index in [4.69, 9.17) is 0 Å². The fourth-order valence-corrected chi connectivity index (χ4v) is 6.99. The Bertz CT molecular complexity index is 1210. The largest absolute Gasteiger partial charge is 0.135 e. The van der Waals surface area contributed by atoms with Crippen LogP contribution in [-0.4, -0.2) is 0 Å². The van der Waals surface area contributed by atoms with Crippen LogP contribution in [0.2, 0.25) is 0 Å². The summed E-state index contributed by atoms with van der Waals surface area (Å²) in [6, 6.07) is 34.8. The van der Waals surface area contributed by atoms with Gasteiger partial charge >= 0.3 is 0 Å². The Kier molecular flexibility index (Phi) is 5.92. The lowest BCUT2D eigenvalue weighted by Gasteiger charge is -2.03. The smallest absolute Gasteiger partial charge is 0.0360 e. The molecule has 0 aliphatic carbocycles. The highest BCUT2D eigenvalue weighted by molar-refractivity contribution is 14.1. The van der Waals surface area contributed by atoms with Gasteiger partial charge in [-0.25, -0.2) is 0 Å². The van der Waals surface area contributed by atoms with Crippen molar-refractivity contribution >= 4 is 61.2 Å². The molecule has 2 heterocycles. The molecule has 0 radical (unpaired) electrons. The van der Waals surface area contributed by atoms with Gasteiger partial charge in [0.05, 0.1) is 0 Å². The van der Waals surface area contributed by atoms with E-state index in [1.54, 1.807) is 0 Å². The second-order valence-electron chi connectivity index (χ2n) is 6.86. The van der Waals surface area contributed by atoms with Gasteiger partial charge in [0.25, 0.3) is 0 Å². The highest BCUT2D eigenvalue weighted by Crippen LogP contribution is 2.39. The maximum atomic E-state index is 3.66. The number of halogens is 2. The van der Waals surface area contributed by atoms with E-state index in [2.05, 4.69) is 136 Å². The van der Waals surface area contributed by atoms with Crippen LogP contribution >= 0.6 is 61.2 Å². The number of hydrogen-bond donors (Lipinski definition) is 0. The van der Waals surface area contributed by atoms with E-state index in [-0.39, 0.29) is 0 Å². The quantitative estimate of drug-likeness (QED) is 0.181. The summed E-state index contributed by atoms with van der Waals surface area (Å²) in [5, 5.41) is 0. The topological polar surface area (TPSA) is 0 Å². The second-order valence-corrected chi connectivity index (χ2v) is 11.0. The Balaban J connectivity index is 1.41. The molecule has 0 nitrogen and oxygen atoms in total. The van der Waals surface area contributed by atoms with Crippen molar-refractivity contribution in [3.63, 3.8) is 0 Å². The van der Waals surface area contributed by atoms with Crippen molar-refractivity contribution in [3.8, 4) is 41.8 Å². The first-order valence-corrected chi connectivity index (χ1v) is 13.0. The zero-order valence-electron chi connectivity index (χ0n) is 15.8. The Hall–Kier alpha value is -1.73. The first kappa shape index (κ1) is 20.2. The van der Waals surface area contributed by atoms with Crippen LogP contribution < -0.4 is 0 Å². The number of hydrogen-bond acceptors (Lipinski definition) is 2. The zero-order chi connectivity index (χ0) is 20.5. The van der Waals surface area contributed by atoms with Crippen LogP contribution in [0.3, 0.4) is 0 Å². The Morgan fingerprint density at radius 1 is 0.500 bits per heavy atom. The third-order valence-corrected chi connectivity index (χ3v) is 8.91. The standard InChI is InChI=1S/C26H16BrIS2/c27-21-7-3-1-5-19(21)25-15-13-23(29-25)17-9-11-18(12-10-17)24-14-16-26(30-24)20-6-2-4-8-22(20)28/h1-16H. The first-order valence-electron chi connectivity index (χ1n) is 9.49. The van der Waals surface area contributed by atoms with Gasteiger partial charge in [0.15, 0.2) is 0 Å². The van der Waals surface area contributed by atoms with Gasteiger partial charge in [0.1, 0.15) is 0 Å². The van der Waals surface area contributed by atoms with E-state index >= 15 is 0 Å². The van der Waals surface area contributed by atoms with Gasteiger partial charge in [-0.05, 0) is 70.1 Å². The van der Waals surface area contributed by atoms with E-state index in [1.807, 2.05) is 22.7 Å². The molecule has 0 fully saturated rings. The van der Waals surface area contributed by atoms with E-state index in [1.165, 1.54) is 45.3 Å². The number of thiophene rings is 2. The minimum atomic E-state index is 1.13. The Morgan fingerprint density at radius 3 is 1.53 bits per heavy atom. The third kappa shape index (κ3) is 4.06. The molecule has 5 rings (SSSR count). The molecule has 3 aromatic carbocycles. The Morgan fingerprint density at radius 2 is 0.967 bits per heavy atom. The molecule has 0 aliphatic rings. The lowest BCUT2D eigenvalue weighted by molar-refractivity contribution is 1.64. The van der Waals surface area contributed by atoms with E-state index < -0.39 is 0 Å². The molecule has 0 bridgehead atoms. The maximum Gasteiger partial charge on any atom is 0.0360 e. The molecular weight excluding hydrogens is 583 g/mol. The van der Waals surface area contributed by atoms with Gasteiger partial charge in [-0.15, -0.1) is 22.7 Å². The van der Waals surface area contributed by atoms with Crippen molar-refractivity contribution in [1.82, 2.24) is 0 Å². The molecule has 4 heteroatoms. The van der Waals surface area contributed by atoms with Gasteiger partial charge in [0, 0.05) is 38.7 Å². The summed E-state index contributed by atoms with van der Waals surface area (Å²) in [6.07, 6.45) is 0. The van der Waals surface area contributed by atoms with Crippen molar-refractivity contribution in [3.05, 3.63) is 105 Å². The summed E-state index contributed by atoms with van der Waals surface area (Å²) >= 11 is 9.76. The lowest BCUT2D eigenvalue weighted by atomic mass is 10.1. The summed E-state index contributed by atoms with van der Waals surface area (Å²) in [5.41, 5.74) is 5.08. The van der Waals surface area contributed by atoms with Crippen molar-refractivity contribution in [2.45, 2.75) is 0 Å². The fraction of sp³-hybridized carbons (Fsp3) is 0. The molecule has 5 aromatic rings. The zero-order valence-corrected chi connectivity index (χ0v) is 21.2. The van der Waals surface area contributed by atoms with Gasteiger partial charge < -0.3 is 0 Å². The molecule has 0 saturated carbocycles. The molecule has 0 unspecified atom stereocenters. The summed E-state index contributed by atoms with van der Waals surface area (Å²) in [4.78, 5) is 5.19. The average Bonchev–Trinajstić information content (AvgIpc) is 3.45. The Labute approximate surface area is 206 Å². The molecule has 30 heavy (non-hydrogen) atoms. The predicted octanol–water partition coefficient (Wildman–Crippen LogP) is 9.84. The normalized spacial score (nSPS) is 11.0. The van der Waals surface area contributed by atoms with Gasteiger partial charge in [-0.1, -0.05) is 76.6 Å². The SMILES string of the molecule is Brc1ccccc1-c1ccc(-c2ccc(-c3ccc(-c4ccccc4I)s3)cc2)s1. The van der Waals surface area contributed by atoms with Gasteiger partial charge in [-0.2, -0.15) is 0 Å². The molecular formula is C26H16BrIS2. The van der Waals surface area contributed by atoms with Crippen LogP contribution in [-0.2, 0) is 0 Å². The summed E-state index contributed by atoms with van der Waals surface area (Å²) < 4.78 is 2.42. The summed E-state index contributed by atoms with van der Waals surface area (Å²) in [7, 11) is 0. The van der Waals surface area contributed by atoms with E-state index in [0.29, 0.717) is 0 Å². The summed E-state index contributed by atoms with van der Waals surface area (Å²) in [5.74, 6) is 0. The monoisotopic (exact) mass is 598 g/mol. The molecule has 0 amide bonds. The van der Waals surface area contributed by atoms with Crippen LogP contribution in [0.5, 0.6) is 0 Å². The van der Waals surface area contributed by atoms with Crippen molar-refractivity contribution in [2.75, 3.05) is 0 Å². The third-order valence-electron chi connectivity index (χ3n) is 4.94. The molecule has 0 saturated heterocycles. The van der Waals surface area contributed by atoms with Crippen molar-refractivity contribution in [2.24, 2.45) is 0 Å². The van der Waals surface area contributed by atoms with Crippen molar-refractivity contribution in [1.29, 1.82) is 0 Å². The minimum Gasteiger partial charge on any atom is -0.135 e. The fourth-order valence-electron chi connectivity index (χ4n) is 3.40. The van der Waals surface area contributed by atoms with E-state index in [0.717, 1.165) is 4.47 Å².